The van der Waals surface area contributed by atoms with Crippen molar-refractivity contribution in [2.24, 2.45) is 0 Å². The Bertz CT molecular complexity index is 396. The van der Waals surface area contributed by atoms with Gasteiger partial charge in [-0.05, 0) is 36.1 Å². The van der Waals surface area contributed by atoms with Gasteiger partial charge in [-0.25, -0.2) is 0 Å². The summed E-state index contributed by atoms with van der Waals surface area (Å²) in [6, 6.07) is 6.12. The molecule has 86 valence electrons. The van der Waals surface area contributed by atoms with Crippen molar-refractivity contribution < 1.29 is 9.53 Å². The largest absolute Gasteiger partial charge is 0.497 e. The van der Waals surface area contributed by atoms with Crippen molar-refractivity contribution in [3.05, 3.63) is 29.3 Å². The van der Waals surface area contributed by atoms with Crippen LogP contribution in [0.25, 0.3) is 0 Å². The zero-order valence-corrected chi connectivity index (χ0v) is 9.95. The van der Waals surface area contributed by atoms with Crippen LogP contribution in [-0.2, 0) is 11.2 Å². The molecule has 0 aliphatic heterocycles. The van der Waals surface area contributed by atoms with Crippen LogP contribution in [0.3, 0.4) is 0 Å². The van der Waals surface area contributed by atoms with Gasteiger partial charge in [0.25, 0.3) is 0 Å². The lowest BCUT2D eigenvalue weighted by Gasteiger charge is -2.24. The number of ketones is 1. The van der Waals surface area contributed by atoms with Gasteiger partial charge in [0.2, 0.25) is 0 Å². The summed E-state index contributed by atoms with van der Waals surface area (Å²) >= 11 is 0. The highest BCUT2D eigenvalue weighted by atomic mass is 16.5. The van der Waals surface area contributed by atoms with Crippen molar-refractivity contribution in [2.75, 3.05) is 7.11 Å². The van der Waals surface area contributed by atoms with Gasteiger partial charge >= 0.3 is 0 Å². The number of rotatable bonds is 3. The molecule has 1 aliphatic rings. The van der Waals surface area contributed by atoms with Crippen molar-refractivity contribution >= 4 is 5.78 Å². The van der Waals surface area contributed by atoms with Crippen LogP contribution in [0.4, 0.5) is 0 Å². The van der Waals surface area contributed by atoms with Gasteiger partial charge in [0.05, 0.1) is 7.11 Å². The van der Waals surface area contributed by atoms with Crippen molar-refractivity contribution in [2.45, 2.75) is 38.5 Å². The van der Waals surface area contributed by atoms with Crippen LogP contribution >= 0.6 is 0 Å². The Balaban J connectivity index is 2.39. The lowest BCUT2D eigenvalue weighted by atomic mass is 9.79. The van der Waals surface area contributed by atoms with Crippen LogP contribution in [0, 0.1) is 0 Å². The summed E-state index contributed by atoms with van der Waals surface area (Å²) in [4.78, 5) is 11.9. The number of carbonyl (C=O) groups is 1. The maximum absolute atomic E-state index is 11.9. The van der Waals surface area contributed by atoms with Crippen LogP contribution in [-0.4, -0.2) is 12.9 Å². The molecule has 0 amide bonds. The number of hydrogen-bond acceptors (Lipinski definition) is 2. The minimum Gasteiger partial charge on any atom is -0.497 e. The van der Waals surface area contributed by atoms with E-state index in [1.54, 1.807) is 7.11 Å². The Morgan fingerprint density at radius 3 is 2.88 bits per heavy atom. The number of Topliss-reactive ketones (excluding diaryl/α,β-unsaturated/α-hetero) is 1. The first kappa shape index (κ1) is 11.2. The van der Waals surface area contributed by atoms with Gasteiger partial charge in [0.1, 0.15) is 11.5 Å². The predicted octanol–water partition coefficient (Wildman–Crippen LogP) is 3.09. The lowest BCUT2D eigenvalue weighted by molar-refractivity contribution is -0.121. The molecule has 1 atom stereocenters. The lowest BCUT2D eigenvalue weighted by Crippen LogP contribution is -2.20. The molecule has 2 rings (SSSR count). The Morgan fingerprint density at radius 1 is 1.38 bits per heavy atom. The topological polar surface area (TPSA) is 26.3 Å². The van der Waals surface area contributed by atoms with E-state index in [-0.39, 0.29) is 5.92 Å². The summed E-state index contributed by atoms with van der Waals surface area (Å²) in [6.07, 6.45) is 3.59. The molecule has 0 radical (unpaired) electrons. The Morgan fingerprint density at radius 2 is 2.19 bits per heavy atom. The minimum absolute atomic E-state index is 0.101. The molecule has 2 nitrogen and oxygen atoms in total. The molecule has 1 aromatic carbocycles. The summed E-state index contributed by atoms with van der Waals surface area (Å²) in [7, 11) is 1.67. The molecule has 0 unspecified atom stereocenters. The smallest absolute Gasteiger partial charge is 0.140 e. The first-order chi connectivity index (χ1) is 7.76. The molecule has 2 heteroatoms. The number of fused-ring (bicyclic) bond motifs is 1. The molecule has 0 bridgehead atoms. The molecule has 0 N–H and O–H groups in total. The van der Waals surface area contributed by atoms with E-state index < -0.39 is 0 Å². The molecule has 16 heavy (non-hydrogen) atoms. The third kappa shape index (κ3) is 1.97. The van der Waals surface area contributed by atoms with E-state index >= 15 is 0 Å². The molecule has 0 saturated carbocycles. The molecule has 1 aromatic rings. The fourth-order valence-corrected chi connectivity index (χ4v) is 2.46. The molecule has 0 saturated heterocycles. The van der Waals surface area contributed by atoms with Crippen LogP contribution < -0.4 is 4.74 Å². The molecule has 0 heterocycles. The van der Waals surface area contributed by atoms with Gasteiger partial charge < -0.3 is 4.74 Å². The number of methoxy groups -OCH3 is 1. The SMILES string of the molecule is CCC[C@H]1C(=O)CCc2ccc(OC)cc21. The van der Waals surface area contributed by atoms with Gasteiger partial charge in [-0.15, -0.1) is 0 Å². The fourth-order valence-electron chi connectivity index (χ4n) is 2.46. The summed E-state index contributed by atoms with van der Waals surface area (Å²) in [5.74, 6) is 1.35. The maximum atomic E-state index is 11.9. The molecular weight excluding hydrogens is 200 g/mol. The third-order valence-electron chi connectivity index (χ3n) is 3.34. The number of benzene rings is 1. The van der Waals surface area contributed by atoms with Crippen LogP contribution in [0.2, 0.25) is 0 Å². The van der Waals surface area contributed by atoms with Gasteiger partial charge in [0, 0.05) is 12.3 Å². The second-order valence-corrected chi connectivity index (χ2v) is 4.37. The summed E-state index contributed by atoms with van der Waals surface area (Å²) in [6.45, 7) is 2.13. The number of aryl methyl sites for hydroxylation is 1. The summed E-state index contributed by atoms with van der Waals surface area (Å²) in [5.41, 5.74) is 2.51. The van der Waals surface area contributed by atoms with Gasteiger partial charge in [-0.3, -0.25) is 4.79 Å². The van der Waals surface area contributed by atoms with E-state index in [9.17, 15) is 4.79 Å². The zero-order chi connectivity index (χ0) is 11.5. The summed E-state index contributed by atoms with van der Waals surface area (Å²) in [5, 5.41) is 0. The van der Waals surface area contributed by atoms with Crippen molar-refractivity contribution in [3.63, 3.8) is 0 Å². The zero-order valence-electron chi connectivity index (χ0n) is 9.95. The maximum Gasteiger partial charge on any atom is 0.140 e. The molecule has 0 aromatic heterocycles. The normalized spacial score (nSPS) is 19.4. The quantitative estimate of drug-likeness (QED) is 0.779. The van der Waals surface area contributed by atoms with E-state index in [4.69, 9.17) is 4.74 Å². The monoisotopic (exact) mass is 218 g/mol. The molecule has 0 spiro atoms. The standard InChI is InChI=1S/C14H18O2/c1-3-4-12-13-9-11(16-2)7-5-10(13)6-8-14(12)15/h5,7,9,12H,3-4,6,8H2,1-2H3/t12-/m1/s1. The van der Waals surface area contributed by atoms with E-state index in [0.717, 1.165) is 25.0 Å². The number of hydrogen-bond donors (Lipinski definition) is 0. The van der Waals surface area contributed by atoms with Crippen LogP contribution in [0.1, 0.15) is 43.2 Å². The highest BCUT2D eigenvalue weighted by molar-refractivity contribution is 5.88. The Hall–Kier alpha value is -1.31. The third-order valence-corrected chi connectivity index (χ3v) is 3.34. The average molecular weight is 218 g/mol. The van der Waals surface area contributed by atoms with Gasteiger partial charge in [-0.1, -0.05) is 19.4 Å². The molecule has 0 fully saturated rings. The highest BCUT2D eigenvalue weighted by Crippen LogP contribution is 2.34. The second kappa shape index (κ2) is 4.69. The van der Waals surface area contributed by atoms with Gasteiger partial charge in [-0.2, -0.15) is 0 Å². The molecule has 1 aliphatic carbocycles. The van der Waals surface area contributed by atoms with Crippen LogP contribution in [0.15, 0.2) is 18.2 Å². The summed E-state index contributed by atoms with van der Waals surface area (Å²) < 4.78 is 5.23. The Kier molecular flexibility index (Phi) is 3.28. The van der Waals surface area contributed by atoms with Crippen molar-refractivity contribution in [3.8, 4) is 5.75 Å². The van der Waals surface area contributed by atoms with E-state index in [1.807, 2.05) is 12.1 Å². The van der Waals surface area contributed by atoms with E-state index in [1.165, 1.54) is 11.1 Å². The average Bonchev–Trinajstić information content (AvgIpc) is 2.32. The predicted molar refractivity (Wildman–Crippen MR) is 64.0 cm³/mol. The minimum atomic E-state index is 0.101. The second-order valence-electron chi connectivity index (χ2n) is 4.37. The van der Waals surface area contributed by atoms with E-state index in [2.05, 4.69) is 13.0 Å². The van der Waals surface area contributed by atoms with Crippen molar-refractivity contribution in [1.29, 1.82) is 0 Å². The van der Waals surface area contributed by atoms with Crippen molar-refractivity contribution in [1.82, 2.24) is 0 Å². The molecular formula is C14H18O2. The number of carbonyl (C=O) groups excluding carboxylic acids is 1. The fraction of sp³-hybridized carbons (Fsp3) is 0.500. The van der Waals surface area contributed by atoms with Crippen LogP contribution in [0.5, 0.6) is 5.75 Å². The first-order valence-corrected chi connectivity index (χ1v) is 5.95. The number of ether oxygens (including phenoxy) is 1. The van der Waals surface area contributed by atoms with Gasteiger partial charge in [0.15, 0.2) is 0 Å². The highest BCUT2D eigenvalue weighted by Gasteiger charge is 2.26. The first-order valence-electron chi connectivity index (χ1n) is 5.95. The van der Waals surface area contributed by atoms with E-state index in [0.29, 0.717) is 12.2 Å². The Labute approximate surface area is 96.6 Å².